The van der Waals surface area contributed by atoms with E-state index in [2.05, 4.69) is 9.88 Å². The zero-order chi connectivity index (χ0) is 20.1. The molecule has 1 aliphatic rings. The summed E-state index contributed by atoms with van der Waals surface area (Å²) in [6.45, 7) is 8.10. The smallest absolute Gasteiger partial charge is 0.261 e. The van der Waals surface area contributed by atoms with Crippen LogP contribution < -0.4 is 4.90 Å². The number of thiazole rings is 1. The van der Waals surface area contributed by atoms with Crippen molar-refractivity contribution in [3.05, 3.63) is 46.1 Å². The minimum atomic E-state index is -3.63. The third kappa shape index (κ3) is 3.43. The van der Waals surface area contributed by atoms with E-state index in [4.69, 9.17) is 11.6 Å². The van der Waals surface area contributed by atoms with Gasteiger partial charge in [0.2, 0.25) is 0 Å². The van der Waals surface area contributed by atoms with Gasteiger partial charge in [0.25, 0.3) is 10.0 Å². The van der Waals surface area contributed by atoms with Crippen LogP contribution in [0.25, 0.3) is 4.96 Å². The highest BCUT2D eigenvalue weighted by Crippen LogP contribution is 2.31. The van der Waals surface area contributed by atoms with Crippen LogP contribution in [0.2, 0.25) is 5.02 Å². The first-order valence-electron chi connectivity index (χ1n) is 9.26. The van der Waals surface area contributed by atoms with Crippen molar-refractivity contribution >= 4 is 43.6 Å². The molecular weight excluding hydrogens is 416 g/mol. The second-order valence-electron chi connectivity index (χ2n) is 7.32. The van der Waals surface area contributed by atoms with Crippen LogP contribution in [0.15, 0.2) is 35.5 Å². The number of hydrogen-bond acceptors (Lipinski definition) is 5. The van der Waals surface area contributed by atoms with Crippen LogP contribution in [0.4, 0.5) is 5.69 Å². The molecule has 28 heavy (non-hydrogen) atoms. The van der Waals surface area contributed by atoms with Gasteiger partial charge in [-0.1, -0.05) is 25.4 Å². The highest BCUT2D eigenvalue weighted by atomic mass is 35.5. The van der Waals surface area contributed by atoms with Crippen LogP contribution in [0.1, 0.15) is 30.3 Å². The topological polar surface area (TPSA) is 57.9 Å². The molecule has 0 radical (unpaired) electrons. The summed E-state index contributed by atoms with van der Waals surface area (Å²) in [5.74, 6) is 0.0348. The summed E-state index contributed by atoms with van der Waals surface area (Å²) in [6, 6.07) is 7.66. The molecule has 0 bridgehead atoms. The van der Waals surface area contributed by atoms with E-state index in [1.54, 1.807) is 8.71 Å². The van der Waals surface area contributed by atoms with Gasteiger partial charge in [0.05, 0.1) is 5.69 Å². The lowest BCUT2D eigenvalue weighted by atomic mass is 10.2. The number of rotatable bonds is 4. The minimum Gasteiger partial charge on any atom is -0.369 e. The number of imidazole rings is 1. The number of anilines is 1. The van der Waals surface area contributed by atoms with E-state index in [9.17, 15) is 8.42 Å². The zero-order valence-electron chi connectivity index (χ0n) is 16.1. The van der Waals surface area contributed by atoms with Crippen molar-refractivity contribution in [2.75, 3.05) is 31.1 Å². The van der Waals surface area contributed by atoms with Gasteiger partial charge in [-0.05, 0) is 37.1 Å². The number of nitrogens with zero attached hydrogens (tertiary/aromatic N) is 4. The van der Waals surface area contributed by atoms with E-state index in [1.807, 2.05) is 51.2 Å². The molecule has 1 aromatic carbocycles. The van der Waals surface area contributed by atoms with Gasteiger partial charge in [-0.2, -0.15) is 4.31 Å². The van der Waals surface area contributed by atoms with Crippen molar-refractivity contribution in [3.8, 4) is 0 Å². The second-order valence-corrected chi connectivity index (χ2v) is 10.8. The van der Waals surface area contributed by atoms with E-state index < -0.39 is 10.0 Å². The van der Waals surface area contributed by atoms with Crippen LogP contribution in [-0.2, 0) is 10.0 Å². The molecule has 150 valence electrons. The third-order valence-corrected chi connectivity index (χ3v) is 8.07. The van der Waals surface area contributed by atoms with Gasteiger partial charge in [0.15, 0.2) is 9.99 Å². The van der Waals surface area contributed by atoms with Gasteiger partial charge >= 0.3 is 0 Å². The van der Waals surface area contributed by atoms with Crippen LogP contribution in [0, 0.1) is 6.92 Å². The molecule has 0 saturated carbocycles. The number of halogens is 1. The fraction of sp³-hybridized carbons (Fsp3) is 0.421. The molecule has 4 rings (SSSR count). The summed E-state index contributed by atoms with van der Waals surface area (Å²) in [5, 5.41) is 1.02. The van der Waals surface area contributed by atoms with Gasteiger partial charge in [-0.25, -0.2) is 13.4 Å². The van der Waals surface area contributed by atoms with E-state index in [1.165, 1.54) is 11.3 Å². The summed E-state index contributed by atoms with van der Waals surface area (Å²) >= 11 is 7.48. The van der Waals surface area contributed by atoms with Crippen molar-refractivity contribution < 1.29 is 8.42 Å². The fourth-order valence-electron chi connectivity index (χ4n) is 3.55. The van der Waals surface area contributed by atoms with Crippen molar-refractivity contribution in [1.82, 2.24) is 13.7 Å². The number of benzene rings is 1. The normalized spacial score (nSPS) is 16.4. The summed E-state index contributed by atoms with van der Waals surface area (Å²) in [5.41, 5.74) is 1.70. The van der Waals surface area contributed by atoms with E-state index in [0.29, 0.717) is 41.9 Å². The summed E-state index contributed by atoms with van der Waals surface area (Å²) in [4.78, 5) is 8.58. The Bertz CT molecular complexity index is 1100. The number of hydrogen-bond donors (Lipinski definition) is 0. The van der Waals surface area contributed by atoms with Crippen LogP contribution >= 0.6 is 22.9 Å². The second kappa shape index (κ2) is 7.33. The highest BCUT2D eigenvalue weighted by molar-refractivity contribution is 7.89. The lowest BCUT2D eigenvalue weighted by Crippen LogP contribution is -2.49. The molecule has 1 aliphatic heterocycles. The van der Waals surface area contributed by atoms with Crippen LogP contribution in [0.5, 0.6) is 0 Å². The number of aromatic nitrogens is 2. The Kier molecular flexibility index (Phi) is 5.16. The van der Waals surface area contributed by atoms with E-state index in [0.717, 1.165) is 15.5 Å². The predicted octanol–water partition coefficient (Wildman–Crippen LogP) is 3.99. The first kappa shape index (κ1) is 19.7. The third-order valence-electron chi connectivity index (χ3n) is 4.98. The average molecular weight is 439 g/mol. The molecule has 0 N–H and O–H groups in total. The fourth-order valence-corrected chi connectivity index (χ4v) is 6.38. The molecule has 0 atom stereocenters. The molecule has 3 heterocycles. The first-order valence-corrected chi connectivity index (χ1v) is 11.9. The summed E-state index contributed by atoms with van der Waals surface area (Å²) in [6.07, 6.45) is 1.87. The molecule has 0 unspecified atom stereocenters. The molecule has 0 aliphatic carbocycles. The van der Waals surface area contributed by atoms with Crippen molar-refractivity contribution in [3.63, 3.8) is 0 Å². The Balaban J connectivity index is 1.62. The van der Waals surface area contributed by atoms with Gasteiger partial charge in [0.1, 0.15) is 0 Å². The zero-order valence-corrected chi connectivity index (χ0v) is 18.5. The highest BCUT2D eigenvalue weighted by Gasteiger charge is 2.35. The molecule has 0 amide bonds. The lowest BCUT2D eigenvalue weighted by molar-refractivity contribution is 0.382. The number of fused-ring (bicyclic) bond motifs is 1. The van der Waals surface area contributed by atoms with Gasteiger partial charge in [-0.3, -0.25) is 4.40 Å². The molecule has 3 aromatic rings. The number of piperazine rings is 1. The Morgan fingerprint density at radius 1 is 1.11 bits per heavy atom. The van der Waals surface area contributed by atoms with Crippen LogP contribution in [-0.4, -0.2) is 48.3 Å². The maximum atomic E-state index is 13.5. The average Bonchev–Trinajstić information content (AvgIpc) is 3.18. The molecule has 6 nitrogen and oxygen atoms in total. The number of aryl methyl sites for hydroxylation is 1. The summed E-state index contributed by atoms with van der Waals surface area (Å²) in [7, 11) is -3.63. The van der Waals surface area contributed by atoms with E-state index >= 15 is 0 Å². The Morgan fingerprint density at radius 3 is 2.36 bits per heavy atom. The Morgan fingerprint density at radius 2 is 1.75 bits per heavy atom. The molecule has 2 aromatic heterocycles. The largest absolute Gasteiger partial charge is 0.369 e. The van der Waals surface area contributed by atoms with Gasteiger partial charge in [-0.15, -0.1) is 11.3 Å². The van der Waals surface area contributed by atoms with Crippen molar-refractivity contribution in [2.45, 2.75) is 31.7 Å². The standard InChI is InChI=1S/C19H23ClN4O2S2/c1-13(2)17-18(24-12-14(3)27-19(24)21-17)28(25,26)23-10-8-22(9-11-23)16-6-4-15(20)5-7-16/h4-7,12-13H,8-11H2,1-3H3. The van der Waals surface area contributed by atoms with Crippen LogP contribution in [0.3, 0.4) is 0 Å². The van der Waals surface area contributed by atoms with E-state index in [-0.39, 0.29) is 5.92 Å². The Hall–Kier alpha value is -1.61. The lowest BCUT2D eigenvalue weighted by Gasteiger charge is -2.35. The monoisotopic (exact) mass is 438 g/mol. The number of sulfonamides is 1. The molecule has 1 fully saturated rings. The first-order chi connectivity index (χ1) is 13.3. The minimum absolute atomic E-state index is 0.0348. The van der Waals surface area contributed by atoms with Crippen molar-refractivity contribution in [2.24, 2.45) is 0 Å². The maximum absolute atomic E-state index is 13.5. The Labute approximate surface area is 174 Å². The molecule has 1 saturated heterocycles. The van der Waals surface area contributed by atoms with Crippen molar-refractivity contribution in [1.29, 1.82) is 0 Å². The van der Waals surface area contributed by atoms with Gasteiger partial charge < -0.3 is 4.90 Å². The SMILES string of the molecule is Cc1cn2c(S(=O)(=O)N3CCN(c4ccc(Cl)cc4)CC3)c(C(C)C)nc2s1. The van der Waals surface area contributed by atoms with Gasteiger partial charge in [0, 0.05) is 48.0 Å². The quantitative estimate of drug-likeness (QED) is 0.618. The molecular formula is C19H23ClN4O2S2. The predicted molar refractivity (Wildman–Crippen MR) is 114 cm³/mol. The summed E-state index contributed by atoms with van der Waals surface area (Å²) < 4.78 is 30.4. The molecule has 0 spiro atoms. The molecule has 9 heteroatoms. The maximum Gasteiger partial charge on any atom is 0.261 e.